The summed E-state index contributed by atoms with van der Waals surface area (Å²) in [5.41, 5.74) is 4.25. The van der Waals surface area contributed by atoms with Gasteiger partial charge in [0.2, 0.25) is 0 Å². The zero-order valence-corrected chi connectivity index (χ0v) is 15.4. The SMILES string of the molecule is Cc1nn(-c2ccccc2)c(C)c1CNC(=O)c1ccc(Cl)cc1Cl. The van der Waals surface area contributed by atoms with Crippen LogP contribution in [0.5, 0.6) is 0 Å². The van der Waals surface area contributed by atoms with Gasteiger partial charge in [-0.15, -0.1) is 0 Å². The molecule has 25 heavy (non-hydrogen) atoms. The average Bonchev–Trinajstić information content (AvgIpc) is 2.88. The molecule has 0 bridgehead atoms. The van der Waals surface area contributed by atoms with Gasteiger partial charge >= 0.3 is 0 Å². The van der Waals surface area contributed by atoms with Gasteiger partial charge < -0.3 is 5.32 Å². The normalized spacial score (nSPS) is 10.7. The van der Waals surface area contributed by atoms with Crippen LogP contribution in [0.15, 0.2) is 48.5 Å². The highest BCUT2D eigenvalue weighted by molar-refractivity contribution is 6.36. The maximum atomic E-state index is 12.4. The van der Waals surface area contributed by atoms with Crippen molar-refractivity contribution in [2.24, 2.45) is 0 Å². The highest BCUT2D eigenvalue weighted by atomic mass is 35.5. The summed E-state index contributed by atoms with van der Waals surface area (Å²) >= 11 is 12.0. The van der Waals surface area contributed by atoms with E-state index in [-0.39, 0.29) is 5.91 Å². The third-order valence-corrected chi connectivity index (χ3v) is 4.59. The molecule has 0 aliphatic heterocycles. The molecule has 6 heteroatoms. The predicted octanol–water partition coefficient (Wildman–Crippen LogP) is 4.73. The molecule has 0 radical (unpaired) electrons. The average molecular weight is 374 g/mol. The Balaban J connectivity index is 1.80. The minimum Gasteiger partial charge on any atom is -0.348 e. The lowest BCUT2D eigenvalue weighted by Crippen LogP contribution is -2.23. The molecule has 0 saturated carbocycles. The van der Waals surface area contributed by atoms with Gasteiger partial charge in [-0.05, 0) is 44.2 Å². The summed E-state index contributed by atoms with van der Waals surface area (Å²) in [5.74, 6) is -0.243. The molecule has 0 fully saturated rings. The van der Waals surface area contributed by atoms with Crippen molar-refractivity contribution in [3.8, 4) is 5.69 Å². The zero-order chi connectivity index (χ0) is 18.0. The highest BCUT2D eigenvalue weighted by Gasteiger charge is 2.15. The van der Waals surface area contributed by atoms with E-state index in [9.17, 15) is 4.79 Å². The Hall–Kier alpha value is -2.30. The number of aromatic nitrogens is 2. The number of hydrogen-bond acceptors (Lipinski definition) is 2. The number of nitrogens with one attached hydrogen (secondary N) is 1. The standard InChI is InChI=1S/C19H17Cl2N3O/c1-12-17(13(2)24(23-12)15-6-4-3-5-7-15)11-22-19(25)16-9-8-14(20)10-18(16)21/h3-10H,11H2,1-2H3,(H,22,25). The number of rotatable bonds is 4. The Morgan fingerprint density at radius 1 is 1.12 bits per heavy atom. The summed E-state index contributed by atoms with van der Waals surface area (Å²) in [6.07, 6.45) is 0. The largest absolute Gasteiger partial charge is 0.348 e. The molecule has 4 nitrogen and oxygen atoms in total. The molecule has 1 N–H and O–H groups in total. The molecule has 0 spiro atoms. The van der Waals surface area contributed by atoms with Gasteiger partial charge in [-0.2, -0.15) is 5.10 Å². The summed E-state index contributed by atoms with van der Waals surface area (Å²) in [7, 11) is 0. The number of halogens is 2. The molecular weight excluding hydrogens is 357 g/mol. The van der Waals surface area contributed by atoms with Crippen LogP contribution in [-0.2, 0) is 6.54 Å². The second-order valence-corrected chi connectivity index (χ2v) is 6.55. The molecule has 0 aliphatic carbocycles. The van der Waals surface area contributed by atoms with E-state index in [2.05, 4.69) is 10.4 Å². The molecule has 3 aromatic rings. The van der Waals surface area contributed by atoms with Gasteiger partial charge in [0, 0.05) is 22.8 Å². The van der Waals surface area contributed by atoms with Crippen LogP contribution >= 0.6 is 23.2 Å². The van der Waals surface area contributed by atoms with E-state index in [0.717, 1.165) is 22.6 Å². The second kappa shape index (κ2) is 7.30. The predicted molar refractivity (Wildman–Crippen MR) is 101 cm³/mol. The molecule has 128 valence electrons. The highest BCUT2D eigenvalue weighted by Crippen LogP contribution is 2.22. The number of hydrogen-bond donors (Lipinski definition) is 1. The van der Waals surface area contributed by atoms with Gasteiger partial charge in [-0.1, -0.05) is 41.4 Å². The Morgan fingerprint density at radius 2 is 1.84 bits per heavy atom. The van der Waals surface area contributed by atoms with Crippen LogP contribution in [0.1, 0.15) is 27.3 Å². The topological polar surface area (TPSA) is 46.9 Å². The van der Waals surface area contributed by atoms with E-state index in [4.69, 9.17) is 23.2 Å². The fourth-order valence-electron chi connectivity index (χ4n) is 2.69. The van der Waals surface area contributed by atoms with Crippen LogP contribution in [0, 0.1) is 13.8 Å². The molecule has 0 atom stereocenters. The van der Waals surface area contributed by atoms with Gasteiger partial charge in [-0.25, -0.2) is 4.68 Å². The van der Waals surface area contributed by atoms with Crippen molar-refractivity contribution >= 4 is 29.1 Å². The molecule has 1 aromatic heterocycles. The number of aryl methyl sites for hydroxylation is 1. The number of carbonyl (C=O) groups is 1. The molecule has 1 heterocycles. The number of amides is 1. The fourth-order valence-corrected chi connectivity index (χ4v) is 3.18. The van der Waals surface area contributed by atoms with Crippen LogP contribution in [0.25, 0.3) is 5.69 Å². The summed E-state index contributed by atoms with van der Waals surface area (Å²) < 4.78 is 1.88. The first-order chi connectivity index (χ1) is 12.0. The van der Waals surface area contributed by atoms with Gasteiger partial charge in [0.05, 0.1) is 22.0 Å². The van der Waals surface area contributed by atoms with Crippen LogP contribution in [0.4, 0.5) is 0 Å². The van der Waals surface area contributed by atoms with Crippen LogP contribution < -0.4 is 5.32 Å². The number of nitrogens with zero attached hydrogens (tertiary/aromatic N) is 2. The molecule has 0 unspecified atom stereocenters. The molecule has 1 amide bonds. The van der Waals surface area contributed by atoms with E-state index in [1.165, 1.54) is 0 Å². The van der Waals surface area contributed by atoms with E-state index in [1.807, 2.05) is 48.9 Å². The third kappa shape index (κ3) is 3.70. The van der Waals surface area contributed by atoms with Crippen molar-refractivity contribution in [2.45, 2.75) is 20.4 Å². The van der Waals surface area contributed by atoms with Crippen LogP contribution in [0.3, 0.4) is 0 Å². The maximum Gasteiger partial charge on any atom is 0.253 e. The molecule has 2 aromatic carbocycles. The Morgan fingerprint density at radius 3 is 2.52 bits per heavy atom. The Labute approximate surface area is 156 Å². The first-order valence-electron chi connectivity index (χ1n) is 7.81. The molecule has 3 rings (SSSR count). The first kappa shape index (κ1) is 17.5. The van der Waals surface area contributed by atoms with Crippen molar-refractivity contribution in [2.75, 3.05) is 0 Å². The van der Waals surface area contributed by atoms with Gasteiger partial charge in [-0.3, -0.25) is 4.79 Å². The van der Waals surface area contributed by atoms with Gasteiger partial charge in [0.25, 0.3) is 5.91 Å². The van der Waals surface area contributed by atoms with E-state index < -0.39 is 0 Å². The minimum absolute atomic E-state index is 0.243. The van der Waals surface area contributed by atoms with Crippen molar-refractivity contribution < 1.29 is 4.79 Å². The van der Waals surface area contributed by atoms with Crippen LogP contribution in [0.2, 0.25) is 10.0 Å². The van der Waals surface area contributed by atoms with Gasteiger partial charge in [0.1, 0.15) is 0 Å². The summed E-state index contributed by atoms with van der Waals surface area (Å²) in [4.78, 5) is 12.4. The lowest BCUT2D eigenvalue weighted by atomic mass is 10.1. The van der Waals surface area contributed by atoms with E-state index >= 15 is 0 Å². The van der Waals surface area contributed by atoms with Crippen LogP contribution in [-0.4, -0.2) is 15.7 Å². The minimum atomic E-state index is -0.243. The third-order valence-electron chi connectivity index (χ3n) is 4.04. The zero-order valence-electron chi connectivity index (χ0n) is 13.9. The Bertz CT molecular complexity index is 920. The first-order valence-corrected chi connectivity index (χ1v) is 8.56. The van der Waals surface area contributed by atoms with Crippen molar-refractivity contribution in [3.05, 3.63) is 81.1 Å². The Kier molecular flexibility index (Phi) is 5.11. The molecule has 0 aliphatic rings. The van der Waals surface area contributed by atoms with Crippen molar-refractivity contribution in [1.29, 1.82) is 0 Å². The summed E-state index contributed by atoms with van der Waals surface area (Å²) in [6, 6.07) is 14.7. The number of carbonyl (C=O) groups excluding carboxylic acids is 1. The number of para-hydroxylation sites is 1. The van der Waals surface area contributed by atoms with Crippen molar-refractivity contribution in [3.63, 3.8) is 0 Å². The van der Waals surface area contributed by atoms with E-state index in [1.54, 1.807) is 18.2 Å². The maximum absolute atomic E-state index is 12.4. The summed E-state index contributed by atoms with van der Waals surface area (Å²) in [5, 5.41) is 8.31. The fraction of sp³-hybridized carbons (Fsp3) is 0.158. The lowest BCUT2D eigenvalue weighted by molar-refractivity contribution is 0.0951. The number of benzene rings is 2. The second-order valence-electron chi connectivity index (χ2n) is 5.70. The lowest BCUT2D eigenvalue weighted by Gasteiger charge is -2.08. The smallest absolute Gasteiger partial charge is 0.253 e. The quantitative estimate of drug-likeness (QED) is 0.718. The monoisotopic (exact) mass is 373 g/mol. The summed E-state index contributed by atoms with van der Waals surface area (Å²) in [6.45, 7) is 4.30. The molecular formula is C19H17Cl2N3O. The van der Waals surface area contributed by atoms with Crippen molar-refractivity contribution in [1.82, 2.24) is 15.1 Å². The van der Waals surface area contributed by atoms with E-state index in [0.29, 0.717) is 22.2 Å². The van der Waals surface area contributed by atoms with Gasteiger partial charge in [0.15, 0.2) is 0 Å². The molecule has 0 saturated heterocycles.